The molecule has 0 saturated heterocycles. The van der Waals surface area contributed by atoms with E-state index in [2.05, 4.69) is 75.7 Å². The van der Waals surface area contributed by atoms with Gasteiger partial charge in [-0.2, -0.15) is 0 Å². The largest absolute Gasteiger partial charge is 0.493 e. The fraction of sp³-hybridized carbons (Fsp3) is 0.185. The van der Waals surface area contributed by atoms with Crippen molar-refractivity contribution in [1.82, 2.24) is 15.0 Å². The number of ether oxygens (including phenoxy) is 2. The van der Waals surface area contributed by atoms with Crippen molar-refractivity contribution in [3.8, 4) is 22.6 Å². The molecule has 0 aliphatic rings. The van der Waals surface area contributed by atoms with Crippen molar-refractivity contribution in [3.05, 3.63) is 78.2 Å². The molecule has 0 radical (unpaired) electrons. The molecule has 2 heterocycles. The maximum atomic E-state index is 5.50. The summed E-state index contributed by atoms with van der Waals surface area (Å²) < 4.78 is 10.9. The Kier molecular flexibility index (Phi) is 5.34. The number of aromatic nitrogens is 3. The predicted molar refractivity (Wildman–Crippen MR) is 133 cm³/mol. The Hall–Kier alpha value is -4.06. The van der Waals surface area contributed by atoms with Crippen LogP contribution in [0.1, 0.15) is 24.4 Å². The molecule has 0 spiro atoms. The molecule has 5 aromatic rings. The first kappa shape index (κ1) is 20.8. The minimum absolute atomic E-state index is 0.0322. The molecule has 0 aliphatic heterocycles. The molecule has 6 heteroatoms. The summed E-state index contributed by atoms with van der Waals surface area (Å²) in [5, 5.41) is 5.68. The quantitative estimate of drug-likeness (QED) is 0.327. The van der Waals surface area contributed by atoms with Crippen molar-refractivity contribution in [2.24, 2.45) is 0 Å². The lowest BCUT2D eigenvalue weighted by molar-refractivity contribution is 0.356. The number of hydrogen-bond donors (Lipinski definition) is 2. The van der Waals surface area contributed by atoms with E-state index in [1.807, 2.05) is 25.3 Å². The first-order valence-electron chi connectivity index (χ1n) is 10.9. The van der Waals surface area contributed by atoms with E-state index in [1.54, 1.807) is 14.2 Å². The highest BCUT2D eigenvalue weighted by molar-refractivity contribution is 5.92. The molecule has 5 rings (SSSR count). The number of nitrogens with one attached hydrogen (secondary N) is 2. The number of hydrogen-bond acceptors (Lipinski definition) is 5. The van der Waals surface area contributed by atoms with Crippen LogP contribution in [0.5, 0.6) is 11.5 Å². The highest BCUT2D eigenvalue weighted by Crippen LogP contribution is 2.35. The lowest BCUT2D eigenvalue weighted by atomic mass is 9.99. The number of nitrogens with zero attached hydrogens (tertiary/aromatic N) is 2. The van der Waals surface area contributed by atoms with Crippen molar-refractivity contribution in [2.45, 2.75) is 19.9 Å². The third kappa shape index (κ3) is 3.96. The van der Waals surface area contributed by atoms with E-state index in [1.165, 1.54) is 22.1 Å². The second-order valence-electron chi connectivity index (χ2n) is 8.11. The number of rotatable bonds is 6. The molecule has 1 atom stereocenters. The van der Waals surface area contributed by atoms with Crippen molar-refractivity contribution >= 4 is 27.6 Å². The Morgan fingerprint density at radius 1 is 0.879 bits per heavy atom. The monoisotopic (exact) mass is 438 g/mol. The standard InChI is InChI=1S/C27H26N4O2/c1-16(19-6-5-7-20(12-19)21-9-8-18-10-11-28-23(18)13-21)29-27-22-14-25(32-3)26(33-4)15-24(22)30-17(2)31-27/h5-16,28H,1-4H3,(H,29,30,31)/t16-/m1/s1. The average molecular weight is 439 g/mol. The van der Waals surface area contributed by atoms with E-state index in [9.17, 15) is 0 Å². The van der Waals surface area contributed by atoms with E-state index in [4.69, 9.17) is 9.47 Å². The topological polar surface area (TPSA) is 72.1 Å². The second-order valence-corrected chi connectivity index (χ2v) is 8.11. The molecule has 0 bridgehead atoms. The Balaban J connectivity index is 1.49. The van der Waals surface area contributed by atoms with Gasteiger partial charge in [0.15, 0.2) is 11.5 Å². The van der Waals surface area contributed by atoms with Crippen LogP contribution in [-0.2, 0) is 0 Å². The van der Waals surface area contributed by atoms with Crippen molar-refractivity contribution in [2.75, 3.05) is 19.5 Å². The van der Waals surface area contributed by atoms with E-state index in [-0.39, 0.29) is 6.04 Å². The lowest BCUT2D eigenvalue weighted by Gasteiger charge is -2.18. The van der Waals surface area contributed by atoms with Crippen molar-refractivity contribution in [3.63, 3.8) is 0 Å². The van der Waals surface area contributed by atoms with Crippen LogP contribution in [0, 0.1) is 6.92 Å². The molecule has 166 valence electrons. The molecule has 0 aliphatic carbocycles. The van der Waals surface area contributed by atoms with Gasteiger partial charge in [-0.3, -0.25) is 0 Å². The fourth-order valence-electron chi connectivity index (χ4n) is 4.19. The van der Waals surface area contributed by atoms with Gasteiger partial charge >= 0.3 is 0 Å². The normalized spacial score (nSPS) is 12.1. The summed E-state index contributed by atoms with van der Waals surface area (Å²) in [5.41, 5.74) is 5.47. The highest BCUT2D eigenvalue weighted by atomic mass is 16.5. The van der Waals surface area contributed by atoms with Crippen molar-refractivity contribution < 1.29 is 9.47 Å². The Morgan fingerprint density at radius 2 is 1.67 bits per heavy atom. The van der Waals surface area contributed by atoms with Crippen LogP contribution in [0.15, 0.2) is 66.9 Å². The van der Waals surface area contributed by atoms with Gasteiger partial charge in [0.1, 0.15) is 11.6 Å². The number of aromatic amines is 1. The summed E-state index contributed by atoms with van der Waals surface area (Å²) in [4.78, 5) is 12.6. The van der Waals surface area contributed by atoms with Gasteiger partial charge in [-0.1, -0.05) is 30.3 Å². The summed E-state index contributed by atoms with van der Waals surface area (Å²) in [5.74, 6) is 2.75. The van der Waals surface area contributed by atoms with Crippen LogP contribution < -0.4 is 14.8 Å². The summed E-state index contributed by atoms with van der Waals surface area (Å²) in [6.45, 7) is 4.03. The van der Waals surface area contributed by atoms with Crippen LogP contribution >= 0.6 is 0 Å². The molecule has 0 saturated carbocycles. The summed E-state index contributed by atoms with van der Waals surface area (Å²) in [7, 11) is 3.25. The van der Waals surface area contributed by atoms with Crippen LogP contribution in [0.2, 0.25) is 0 Å². The van der Waals surface area contributed by atoms with Gasteiger partial charge in [-0.05, 0) is 60.2 Å². The minimum atomic E-state index is 0.0322. The third-order valence-electron chi connectivity index (χ3n) is 5.94. The molecule has 3 aromatic carbocycles. The molecule has 0 fully saturated rings. The maximum absolute atomic E-state index is 5.50. The average Bonchev–Trinajstić information content (AvgIpc) is 3.31. The number of methoxy groups -OCH3 is 2. The molecule has 0 amide bonds. The van der Waals surface area contributed by atoms with E-state index < -0.39 is 0 Å². The van der Waals surface area contributed by atoms with Crippen LogP contribution in [0.3, 0.4) is 0 Å². The van der Waals surface area contributed by atoms with Crippen LogP contribution in [0.4, 0.5) is 5.82 Å². The summed E-state index contributed by atoms with van der Waals surface area (Å²) in [6.07, 6.45) is 1.97. The SMILES string of the molecule is COc1cc2nc(C)nc(N[C@H](C)c3cccc(-c4ccc5cc[nH]c5c4)c3)c2cc1OC. The van der Waals surface area contributed by atoms with E-state index >= 15 is 0 Å². The lowest BCUT2D eigenvalue weighted by Crippen LogP contribution is -2.10. The highest BCUT2D eigenvalue weighted by Gasteiger charge is 2.15. The van der Waals surface area contributed by atoms with Gasteiger partial charge < -0.3 is 19.8 Å². The molecular weight excluding hydrogens is 412 g/mol. The fourth-order valence-corrected chi connectivity index (χ4v) is 4.19. The van der Waals surface area contributed by atoms with Crippen LogP contribution in [-0.4, -0.2) is 29.2 Å². The van der Waals surface area contributed by atoms with Crippen molar-refractivity contribution in [1.29, 1.82) is 0 Å². The summed E-state index contributed by atoms with van der Waals surface area (Å²) in [6, 6.07) is 21.0. The molecule has 33 heavy (non-hydrogen) atoms. The summed E-state index contributed by atoms with van der Waals surface area (Å²) >= 11 is 0. The van der Waals surface area contributed by atoms with E-state index in [0.717, 1.165) is 22.2 Å². The second kappa shape index (κ2) is 8.47. The zero-order valence-electron chi connectivity index (χ0n) is 19.1. The first-order chi connectivity index (χ1) is 16.1. The van der Waals surface area contributed by atoms with Gasteiger partial charge in [-0.25, -0.2) is 9.97 Å². The Morgan fingerprint density at radius 3 is 2.48 bits per heavy atom. The van der Waals surface area contributed by atoms with Crippen LogP contribution in [0.25, 0.3) is 32.9 Å². The number of aryl methyl sites for hydroxylation is 1. The number of anilines is 1. The van der Waals surface area contributed by atoms with Gasteiger partial charge in [-0.15, -0.1) is 0 Å². The maximum Gasteiger partial charge on any atom is 0.162 e. The molecule has 2 aromatic heterocycles. The molecule has 2 N–H and O–H groups in total. The Labute approximate surface area is 192 Å². The zero-order valence-corrected chi connectivity index (χ0v) is 19.1. The zero-order chi connectivity index (χ0) is 22.9. The number of benzene rings is 3. The molecule has 0 unspecified atom stereocenters. The Bertz CT molecular complexity index is 1460. The number of fused-ring (bicyclic) bond motifs is 2. The van der Waals surface area contributed by atoms with Gasteiger partial charge in [0.2, 0.25) is 0 Å². The first-order valence-corrected chi connectivity index (χ1v) is 10.9. The number of H-pyrrole nitrogens is 1. The van der Waals surface area contributed by atoms with Gasteiger partial charge in [0, 0.05) is 29.2 Å². The molecular formula is C27H26N4O2. The minimum Gasteiger partial charge on any atom is -0.493 e. The smallest absolute Gasteiger partial charge is 0.162 e. The van der Waals surface area contributed by atoms with Gasteiger partial charge in [0.05, 0.1) is 19.7 Å². The van der Waals surface area contributed by atoms with E-state index in [0.29, 0.717) is 17.3 Å². The third-order valence-corrected chi connectivity index (χ3v) is 5.94. The predicted octanol–water partition coefficient (Wildman–Crippen LogP) is 6.28. The molecule has 6 nitrogen and oxygen atoms in total. The van der Waals surface area contributed by atoms with Gasteiger partial charge in [0.25, 0.3) is 0 Å².